The molecule has 5 nitrogen and oxygen atoms in total. The van der Waals surface area contributed by atoms with E-state index in [9.17, 15) is 9.59 Å². The monoisotopic (exact) mass is 379 g/mol. The first-order valence-electron chi connectivity index (χ1n) is 9.26. The van der Waals surface area contributed by atoms with Crippen molar-refractivity contribution in [3.05, 3.63) is 71.8 Å². The van der Waals surface area contributed by atoms with Gasteiger partial charge in [0.1, 0.15) is 25.5 Å². The predicted molar refractivity (Wildman–Crippen MR) is 108 cm³/mol. The Kier molecular flexibility index (Phi) is 5.54. The molecule has 0 saturated carbocycles. The number of nitrogens with zero attached hydrogens (tertiary/aromatic N) is 1. The molecular formula is C23H25NO4. The minimum atomic E-state index is -0.492. The molecule has 3 rings (SSSR count). The van der Waals surface area contributed by atoms with Crippen LogP contribution in [0.1, 0.15) is 42.3 Å². The summed E-state index contributed by atoms with van der Waals surface area (Å²) in [5, 5.41) is 0. The summed E-state index contributed by atoms with van der Waals surface area (Å²) in [4.78, 5) is 25.8. The second-order valence-corrected chi connectivity index (χ2v) is 7.73. The Bertz CT molecular complexity index is 859. The zero-order chi connectivity index (χ0) is 20.3. The van der Waals surface area contributed by atoms with Crippen molar-refractivity contribution in [1.29, 1.82) is 0 Å². The Balaban J connectivity index is 1.44. The van der Waals surface area contributed by atoms with Crippen LogP contribution in [0, 0.1) is 0 Å². The minimum Gasteiger partial charge on any atom is -0.490 e. The van der Waals surface area contributed by atoms with E-state index >= 15 is 0 Å². The lowest BCUT2D eigenvalue weighted by Crippen LogP contribution is -2.31. The first-order chi connectivity index (χ1) is 13.3. The number of rotatable bonds is 6. The third-order valence-electron chi connectivity index (χ3n) is 4.66. The number of hydrogen-bond acceptors (Lipinski definition) is 4. The van der Waals surface area contributed by atoms with E-state index in [1.54, 1.807) is 12.1 Å². The number of carbonyl (C=O) groups is 2. The maximum absolute atomic E-state index is 12.4. The van der Waals surface area contributed by atoms with E-state index in [1.165, 1.54) is 10.5 Å². The maximum Gasteiger partial charge on any atom is 0.326 e. The molecule has 0 atom stereocenters. The van der Waals surface area contributed by atoms with Gasteiger partial charge in [0.05, 0.1) is 0 Å². The Morgan fingerprint density at radius 1 is 1.00 bits per heavy atom. The molecule has 1 aliphatic heterocycles. The van der Waals surface area contributed by atoms with Crippen molar-refractivity contribution < 1.29 is 19.1 Å². The highest BCUT2D eigenvalue weighted by Crippen LogP contribution is 2.30. The van der Waals surface area contributed by atoms with Gasteiger partial charge >= 0.3 is 5.97 Å². The predicted octanol–water partition coefficient (Wildman–Crippen LogP) is 4.03. The van der Waals surface area contributed by atoms with Crippen LogP contribution in [0.25, 0.3) is 5.70 Å². The van der Waals surface area contributed by atoms with Gasteiger partial charge in [-0.3, -0.25) is 14.5 Å². The van der Waals surface area contributed by atoms with Crippen molar-refractivity contribution in [3.8, 4) is 5.75 Å². The molecule has 0 N–H and O–H groups in total. The number of fused-ring (bicyclic) bond motifs is 1. The fourth-order valence-corrected chi connectivity index (χ4v) is 3.04. The molecule has 0 spiro atoms. The lowest BCUT2D eigenvalue weighted by Gasteiger charge is -2.19. The first kappa shape index (κ1) is 19.7. The molecule has 0 saturated heterocycles. The van der Waals surface area contributed by atoms with Crippen LogP contribution in [0.5, 0.6) is 5.75 Å². The summed E-state index contributed by atoms with van der Waals surface area (Å²) in [6.45, 7) is 10.6. The van der Waals surface area contributed by atoms with Gasteiger partial charge in [-0.05, 0) is 29.2 Å². The standard InChI is InChI=1S/C23H25NO4/c1-16-19-7-5-6-8-20(19)22(26)24(16)15-21(25)28-14-13-27-18-11-9-17(10-12-18)23(2,3)4/h5-12H,1,13-15H2,2-4H3. The zero-order valence-corrected chi connectivity index (χ0v) is 16.5. The van der Waals surface area contributed by atoms with Gasteiger partial charge in [-0.15, -0.1) is 0 Å². The van der Waals surface area contributed by atoms with Crippen molar-refractivity contribution in [2.45, 2.75) is 26.2 Å². The third-order valence-corrected chi connectivity index (χ3v) is 4.66. The number of esters is 1. The summed E-state index contributed by atoms with van der Waals surface area (Å²) < 4.78 is 10.8. The fourth-order valence-electron chi connectivity index (χ4n) is 3.04. The number of hydrogen-bond donors (Lipinski definition) is 0. The SMILES string of the molecule is C=C1c2ccccc2C(=O)N1CC(=O)OCCOc1ccc(C(C)(C)C)cc1. The average Bonchev–Trinajstić information content (AvgIpc) is 2.90. The molecule has 2 aromatic rings. The van der Waals surface area contributed by atoms with Crippen LogP contribution >= 0.6 is 0 Å². The van der Waals surface area contributed by atoms with Gasteiger partial charge in [0.15, 0.2) is 0 Å². The largest absolute Gasteiger partial charge is 0.490 e. The van der Waals surface area contributed by atoms with Crippen molar-refractivity contribution in [1.82, 2.24) is 4.90 Å². The van der Waals surface area contributed by atoms with E-state index in [-0.39, 0.29) is 31.1 Å². The van der Waals surface area contributed by atoms with Crippen LogP contribution in [0.2, 0.25) is 0 Å². The maximum atomic E-state index is 12.4. The van der Waals surface area contributed by atoms with E-state index in [0.29, 0.717) is 11.3 Å². The van der Waals surface area contributed by atoms with Crippen molar-refractivity contribution >= 4 is 17.6 Å². The molecule has 1 aliphatic rings. The number of amides is 1. The average molecular weight is 379 g/mol. The molecule has 1 heterocycles. The molecule has 0 fully saturated rings. The lowest BCUT2D eigenvalue weighted by molar-refractivity contribution is -0.144. The minimum absolute atomic E-state index is 0.0880. The van der Waals surface area contributed by atoms with Gasteiger partial charge in [0.25, 0.3) is 5.91 Å². The van der Waals surface area contributed by atoms with Crippen molar-refractivity contribution in [2.24, 2.45) is 0 Å². The summed E-state index contributed by atoms with van der Waals surface area (Å²) in [5.74, 6) is 0.00400. The van der Waals surface area contributed by atoms with Crippen LogP contribution in [0.3, 0.4) is 0 Å². The number of ether oxygens (including phenoxy) is 2. The quantitative estimate of drug-likeness (QED) is 0.562. The van der Waals surface area contributed by atoms with E-state index in [0.717, 1.165) is 11.3 Å². The molecule has 0 unspecified atom stereocenters. The Morgan fingerprint density at radius 2 is 1.64 bits per heavy atom. The molecule has 5 heteroatoms. The second kappa shape index (κ2) is 7.89. The Hall–Kier alpha value is -3.08. The zero-order valence-electron chi connectivity index (χ0n) is 16.5. The summed E-state index contributed by atoms with van der Waals surface area (Å²) >= 11 is 0. The molecule has 0 aliphatic carbocycles. The van der Waals surface area contributed by atoms with Crippen molar-refractivity contribution in [3.63, 3.8) is 0 Å². The molecule has 28 heavy (non-hydrogen) atoms. The molecule has 0 radical (unpaired) electrons. The summed E-state index contributed by atoms with van der Waals surface area (Å²) in [6.07, 6.45) is 0. The Labute approximate surface area is 165 Å². The van der Waals surface area contributed by atoms with Crippen LogP contribution in [-0.4, -0.2) is 36.5 Å². The van der Waals surface area contributed by atoms with E-state index < -0.39 is 5.97 Å². The normalized spacial score (nSPS) is 13.5. The number of benzene rings is 2. The van der Waals surface area contributed by atoms with Gasteiger partial charge < -0.3 is 9.47 Å². The molecule has 1 amide bonds. The molecule has 0 bridgehead atoms. The first-order valence-corrected chi connectivity index (χ1v) is 9.26. The summed E-state index contributed by atoms with van der Waals surface area (Å²) in [7, 11) is 0. The molecule has 0 aromatic heterocycles. The third kappa shape index (κ3) is 4.25. The van der Waals surface area contributed by atoms with E-state index in [4.69, 9.17) is 9.47 Å². The van der Waals surface area contributed by atoms with Crippen LogP contribution in [0.15, 0.2) is 55.1 Å². The smallest absolute Gasteiger partial charge is 0.326 e. The highest BCUT2D eigenvalue weighted by molar-refractivity contribution is 6.10. The fraction of sp³-hybridized carbons (Fsp3) is 0.304. The van der Waals surface area contributed by atoms with Gasteiger partial charge in [0, 0.05) is 16.8 Å². The highest BCUT2D eigenvalue weighted by atomic mass is 16.6. The molecular weight excluding hydrogens is 354 g/mol. The number of carbonyl (C=O) groups excluding carboxylic acids is 2. The topological polar surface area (TPSA) is 55.8 Å². The van der Waals surface area contributed by atoms with Gasteiger partial charge in [0.2, 0.25) is 0 Å². The van der Waals surface area contributed by atoms with Crippen molar-refractivity contribution in [2.75, 3.05) is 19.8 Å². The van der Waals surface area contributed by atoms with Gasteiger partial charge in [-0.25, -0.2) is 0 Å². The second-order valence-electron chi connectivity index (χ2n) is 7.73. The van der Waals surface area contributed by atoms with Gasteiger partial charge in [-0.2, -0.15) is 0 Å². The van der Waals surface area contributed by atoms with Crippen LogP contribution in [0.4, 0.5) is 0 Å². The summed E-state index contributed by atoms with van der Waals surface area (Å²) in [5.41, 5.74) is 3.14. The summed E-state index contributed by atoms with van der Waals surface area (Å²) in [6, 6.07) is 15.1. The van der Waals surface area contributed by atoms with Gasteiger partial charge in [-0.1, -0.05) is 57.7 Å². The molecule has 2 aromatic carbocycles. The van der Waals surface area contributed by atoms with E-state index in [2.05, 4.69) is 27.4 Å². The highest BCUT2D eigenvalue weighted by Gasteiger charge is 2.32. The Morgan fingerprint density at radius 3 is 2.25 bits per heavy atom. The molecule has 146 valence electrons. The lowest BCUT2D eigenvalue weighted by atomic mass is 9.87. The van der Waals surface area contributed by atoms with E-state index in [1.807, 2.05) is 36.4 Å². The van der Waals surface area contributed by atoms with Crippen LogP contribution < -0.4 is 4.74 Å². The van der Waals surface area contributed by atoms with Crippen LogP contribution in [-0.2, 0) is 14.9 Å².